The fourth-order valence-corrected chi connectivity index (χ4v) is 3.43. The minimum atomic E-state index is -0.478. The van der Waals surface area contributed by atoms with Gasteiger partial charge in [-0.2, -0.15) is 0 Å². The first kappa shape index (κ1) is 20.3. The Kier molecular flexibility index (Phi) is 5.77. The van der Waals surface area contributed by atoms with E-state index in [0.29, 0.717) is 23.1 Å². The number of rotatable bonds is 6. The minimum Gasteiger partial charge on any atom is -0.505 e. The molecule has 2 heterocycles. The Bertz CT molecular complexity index is 1070. The number of aromatic nitrogens is 1. The molecular formula is C22H22FN3O3. The maximum absolute atomic E-state index is 13.3. The number of amides is 2. The van der Waals surface area contributed by atoms with Crippen molar-refractivity contribution in [2.75, 3.05) is 13.1 Å². The van der Waals surface area contributed by atoms with Gasteiger partial charge >= 0.3 is 0 Å². The Morgan fingerprint density at radius 3 is 2.90 bits per heavy atom. The number of benzene rings is 1. The van der Waals surface area contributed by atoms with Crippen LogP contribution in [0.4, 0.5) is 4.39 Å². The van der Waals surface area contributed by atoms with Gasteiger partial charge in [0.05, 0.1) is 11.1 Å². The second-order valence-electron chi connectivity index (χ2n) is 6.77. The number of nitrogens with zero attached hydrogens (tertiary/aromatic N) is 2. The zero-order chi connectivity index (χ0) is 21.1. The molecule has 29 heavy (non-hydrogen) atoms. The molecule has 0 radical (unpaired) electrons. The summed E-state index contributed by atoms with van der Waals surface area (Å²) < 4.78 is 13.3. The van der Waals surface area contributed by atoms with Crippen LogP contribution in [0.1, 0.15) is 40.1 Å². The highest BCUT2D eigenvalue weighted by Gasteiger charge is 2.36. The summed E-state index contributed by atoms with van der Waals surface area (Å²) in [6, 6.07) is 3.38. The van der Waals surface area contributed by atoms with Gasteiger partial charge in [-0.25, -0.2) is 4.39 Å². The van der Waals surface area contributed by atoms with Crippen molar-refractivity contribution in [3.8, 4) is 5.75 Å². The predicted molar refractivity (Wildman–Crippen MR) is 109 cm³/mol. The van der Waals surface area contributed by atoms with Crippen LogP contribution in [-0.4, -0.2) is 39.9 Å². The largest absolute Gasteiger partial charge is 0.505 e. The van der Waals surface area contributed by atoms with E-state index in [4.69, 9.17) is 0 Å². The number of hydrogen-bond acceptors (Lipinski definition) is 4. The van der Waals surface area contributed by atoms with E-state index in [0.717, 1.165) is 11.6 Å². The molecular weight excluding hydrogens is 373 g/mol. The second kappa shape index (κ2) is 8.26. The minimum absolute atomic E-state index is 0.0954. The number of halogens is 1. The third-order valence-corrected chi connectivity index (χ3v) is 4.72. The zero-order valence-corrected chi connectivity index (χ0v) is 16.3. The molecule has 0 spiro atoms. The predicted octanol–water partition coefficient (Wildman–Crippen LogP) is 3.63. The molecule has 7 heteroatoms. The highest BCUT2D eigenvalue weighted by molar-refractivity contribution is 6.15. The molecule has 1 aliphatic rings. The summed E-state index contributed by atoms with van der Waals surface area (Å²) in [7, 11) is 0. The molecule has 2 aromatic rings. The maximum atomic E-state index is 13.3. The first-order chi connectivity index (χ1) is 13.9. The molecule has 0 bridgehead atoms. The molecule has 1 aliphatic heterocycles. The molecule has 0 aliphatic carbocycles. The van der Waals surface area contributed by atoms with Crippen molar-refractivity contribution in [1.82, 2.24) is 15.2 Å². The molecule has 2 N–H and O–H groups in total. The number of carbonyl (C=O) groups excluding carboxylic acids is 2. The lowest BCUT2D eigenvalue weighted by Gasteiger charge is -2.16. The standard InChI is InChI=1S/C22H22FN3O3/c1-4-14(23)9-8-13(3)11-26-12-16-17(21(28)24-5-2)15-7-6-10-25-19(15)20(27)18(16)22(26)29/h4,6-10,27H,1,5,11-12H2,2-3H3,(H,24,28)/b13-8+,14-9+. The smallest absolute Gasteiger partial charge is 0.258 e. The Morgan fingerprint density at radius 1 is 1.45 bits per heavy atom. The maximum Gasteiger partial charge on any atom is 0.258 e. The van der Waals surface area contributed by atoms with Gasteiger partial charge in [-0.15, -0.1) is 0 Å². The van der Waals surface area contributed by atoms with Crippen molar-refractivity contribution in [3.05, 3.63) is 71.2 Å². The van der Waals surface area contributed by atoms with Gasteiger partial charge in [0.2, 0.25) is 0 Å². The van der Waals surface area contributed by atoms with Crippen LogP contribution in [0, 0.1) is 0 Å². The number of allylic oxidation sites excluding steroid dienone is 4. The van der Waals surface area contributed by atoms with Crippen LogP contribution in [0.2, 0.25) is 0 Å². The van der Waals surface area contributed by atoms with Gasteiger partial charge in [0, 0.05) is 36.8 Å². The quantitative estimate of drug-likeness (QED) is 0.732. The van der Waals surface area contributed by atoms with Crippen LogP contribution >= 0.6 is 0 Å². The molecule has 0 saturated heterocycles. The number of phenols is 1. The number of fused-ring (bicyclic) bond motifs is 2. The lowest BCUT2D eigenvalue weighted by atomic mass is 9.96. The molecule has 1 aromatic heterocycles. The number of carbonyl (C=O) groups is 2. The number of pyridine rings is 1. The highest BCUT2D eigenvalue weighted by atomic mass is 19.1. The molecule has 0 fully saturated rings. The van der Waals surface area contributed by atoms with Gasteiger partial charge in [0.25, 0.3) is 11.8 Å². The Labute approximate surface area is 168 Å². The van der Waals surface area contributed by atoms with E-state index in [9.17, 15) is 19.1 Å². The van der Waals surface area contributed by atoms with E-state index in [2.05, 4.69) is 16.9 Å². The Hall–Kier alpha value is -3.48. The normalized spacial score (nSPS) is 14.3. The number of hydrogen-bond donors (Lipinski definition) is 2. The Balaban J connectivity index is 2.07. The van der Waals surface area contributed by atoms with E-state index in [1.807, 2.05) is 0 Å². The fourth-order valence-electron chi connectivity index (χ4n) is 3.43. The molecule has 1 aromatic carbocycles. The average Bonchev–Trinajstić information content (AvgIpc) is 3.02. The van der Waals surface area contributed by atoms with Crippen molar-refractivity contribution >= 4 is 22.7 Å². The van der Waals surface area contributed by atoms with Crippen LogP contribution in [-0.2, 0) is 6.54 Å². The lowest BCUT2D eigenvalue weighted by molar-refractivity contribution is 0.0789. The van der Waals surface area contributed by atoms with E-state index in [1.165, 1.54) is 17.2 Å². The van der Waals surface area contributed by atoms with Crippen molar-refractivity contribution in [1.29, 1.82) is 0 Å². The number of phenolic OH excluding ortho intramolecular Hbond substituents is 1. The monoisotopic (exact) mass is 395 g/mol. The molecule has 0 unspecified atom stereocenters. The zero-order valence-electron chi connectivity index (χ0n) is 16.3. The summed E-state index contributed by atoms with van der Waals surface area (Å²) in [5, 5.41) is 14.0. The van der Waals surface area contributed by atoms with Crippen molar-refractivity contribution in [3.63, 3.8) is 0 Å². The summed E-state index contributed by atoms with van der Waals surface area (Å²) >= 11 is 0. The summed E-state index contributed by atoms with van der Waals surface area (Å²) in [5.74, 6) is -1.42. The topological polar surface area (TPSA) is 82.5 Å². The van der Waals surface area contributed by atoms with Crippen LogP contribution in [0.25, 0.3) is 10.9 Å². The third kappa shape index (κ3) is 3.76. The van der Waals surface area contributed by atoms with Crippen molar-refractivity contribution in [2.45, 2.75) is 20.4 Å². The van der Waals surface area contributed by atoms with Gasteiger partial charge in [-0.05, 0) is 32.1 Å². The number of aromatic hydroxyl groups is 1. The molecule has 0 atom stereocenters. The van der Waals surface area contributed by atoms with Crippen LogP contribution in [0.3, 0.4) is 0 Å². The highest BCUT2D eigenvalue weighted by Crippen LogP contribution is 2.39. The van der Waals surface area contributed by atoms with Gasteiger partial charge in [-0.1, -0.05) is 24.3 Å². The van der Waals surface area contributed by atoms with Crippen molar-refractivity contribution < 1.29 is 19.1 Å². The molecule has 2 amide bonds. The fraction of sp³-hybridized carbons (Fsp3) is 0.227. The van der Waals surface area contributed by atoms with Crippen LogP contribution in [0.5, 0.6) is 5.75 Å². The molecule has 150 valence electrons. The SMILES string of the molecule is C=C/C(F)=C\C=C(/C)CN1Cc2c(c(O)c3ncccc3c2C(=O)NCC)C1=O. The van der Waals surface area contributed by atoms with E-state index in [1.54, 1.807) is 32.1 Å². The van der Waals surface area contributed by atoms with Gasteiger partial charge in [0.1, 0.15) is 11.3 Å². The molecule has 6 nitrogen and oxygen atoms in total. The third-order valence-electron chi connectivity index (χ3n) is 4.72. The summed E-state index contributed by atoms with van der Waals surface area (Å²) in [4.78, 5) is 31.4. The van der Waals surface area contributed by atoms with Gasteiger partial charge < -0.3 is 15.3 Å². The lowest BCUT2D eigenvalue weighted by Crippen LogP contribution is -2.26. The van der Waals surface area contributed by atoms with E-state index in [-0.39, 0.29) is 35.8 Å². The van der Waals surface area contributed by atoms with Crippen LogP contribution in [0.15, 0.2) is 54.5 Å². The summed E-state index contributed by atoms with van der Waals surface area (Å²) in [6.07, 6.45) is 5.43. The van der Waals surface area contributed by atoms with Crippen molar-refractivity contribution in [2.24, 2.45) is 0 Å². The first-order valence-corrected chi connectivity index (χ1v) is 9.24. The van der Waals surface area contributed by atoms with E-state index >= 15 is 0 Å². The summed E-state index contributed by atoms with van der Waals surface area (Å²) in [6.45, 7) is 7.75. The van der Waals surface area contributed by atoms with E-state index < -0.39 is 11.7 Å². The number of nitrogens with one attached hydrogen (secondary N) is 1. The van der Waals surface area contributed by atoms with Gasteiger partial charge in [0.15, 0.2) is 5.75 Å². The summed E-state index contributed by atoms with van der Waals surface area (Å²) in [5.41, 5.74) is 1.87. The van der Waals surface area contributed by atoms with Gasteiger partial charge in [-0.3, -0.25) is 14.6 Å². The molecule has 0 saturated carbocycles. The average molecular weight is 395 g/mol. The first-order valence-electron chi connectivity index (χ1n) is 9.24. The van der Waals surface area contributed by atoms with Crippen LogP contribution < -0.4 is 5.32 Å². The Morgan fingerprint density at radius 2 is 2.21 bits per heavy atom. The molecule has 3 rings (SSSR count). The second-order valence-corrected chi connectivity index (χ2v) is 6.77.